The number of aryl methyl sites for hydroxylation is 2. The van der Waals surface area contributed by atoms with E-state index in [1.54, 1.807) is 6.20 Å². The molecule has 0 radical (unpaired) electrons. The number of nitrogens with zero attached hydrogens (tertiary/aromatic N) is 1. The van der Waals surface area contributed by atoms with Crippen LogP contribution in [0.1, 0.15) is 16.7 Å². The molecule has 2 rings (SSSR count). The summed E-state index contributed by atoms with van der Waals surface area (Å²) in [6, 6.07) is 7.94. The van der Waals surface area contributed by atoms with Gasteiger partial charge < -0.3 is 5.32 Å². The Morgan fingerprint density at radius 2 is 2.24 bits per heavy atom. The van der Waals surface area contributed by atoms with Gasteiger partial charge in [0.25, 0.3) is 0 Å². The maximum Gasteiger partial charge on any atom is 0.229 e. The van der Waals surface area contributed by atoms with Gasteiger partial charge in [0.2, 0.25) is 5.91 Å². The molecule has 2 aromatic rings. The average Bonchev–Trinajstić information content (AvgIpc) is 2.64. The Hall–Kier alpha value is -2.10. The highest BCUT2D eigenvalue weighted by molar-refractivity contribution is 5.91. The first-order valence-electron chi connectivity index (χ1n) is 5.50. The lowest BCUT2D eigenvalue weighted by atomic mass is 10.1. The van der Waals surface area contributed by atoms with Gasteiger partial charge in [-0.05, 0) is 19.4 Å². The highest BCUT2D eigenvalue weighted by Gasteiger charge is 2.07. The molecule has 0 saturated heterocycles. The molecular weight excluding hydrogens is 214 g/mol. The third kappa shape index (κ3) is 2.93. The molecule has 1 amide bonds. The van der Waals surface area contributed by atoms with Crippen molar-refractivity contribution in [1.82, 2.24) is 10.2 Å². The summed E-state index contributed by atoms with van der Waals surface area (Å²) in [5.74, 6) is 0.630. The van der Waals surface area contributed by atoms with Crippen LogP contribution in [0.25, 0.3) is 0 Å². The van der Waals surface area contributed by atoms with Gasteiger partial charge in [0.05, 0.1) is 12.6 Å². The Balaban J connectivity index is 2.01. The Kier molecular flexibility index (Phi) is 3.23. The van der Waals surface area contributed by atoms with Gasteiger partial charge in [0.15, 0.2) is 0 Å². The van der Waals surface area contributed by atoms with E-state index in [4.69, 9.17) is 0 Å². The van der Waals surface area contributed by atoms with Crippen molar-refractivity contribution in [3.8, 4) is 0 Å². The number of benzene rings is 1. The number of rotatable bonds is 3. The first-order valence-corrected chi connectivity index (χ1v) is 5.50. The third-order valence-corrected chi connectivity index (χ3v) is 2.54. The fraction of sp³-hybridized carbons (Fsp3) is 0.231. The normalized spacial score (nSPS) is 10.2. The van der Waals surface area contributed by atoms with Crippen molar-refractivity contribution < 1.29 is 4.79 Å². The van der Waals surface area contributed by atoms with Crippen molar-refractivity contribution in [3.63, 3.8) is 0 Å². The third-order valence-electron chi connectivity index (χ3n) is 2.54. The van der Waals surface area contributed by atoms with Crippen molar-refractivity contribution in [2.75, 3.05) is 5.32 Å². The van der Waals surface area contributed by atoms with Crippen LogP contribution in [-0.4, -0.2) is 16.1 Å². The molecule has 0 aliphatic rings. The number of aromatic nitrogens is 2. The molecule has 1 aromatic heterocycles. The lowest BCUT2D eigenvalue weighted by Gasteiger charge is -2.04. The zero-order valence-electron chi connectivity index (χ0n) is 9.95. The predicted octanol–water partition coefficient (Wildman–Crippen LogP) is 2.21. The molecule has 0 saturated carbocycles. The second kappa shape index (κ2) is 4.82. The molecule has 0 aliphatic heterocycles. The summed E-state index contributed by atoms with van der Waals surface area (Å²) in [4.78, 5) is 11.8. The number of aromatic amines is 1. The number of hydrogen-bond acceptors (Lipinski definition) is 2. The number of anilines is 1. The van der Waals surface area contributed by atoms with Gasteiger partial charge >= 0.3 is 0 Å². The number of H-pyrrole nitrogens is 1. The van der Waals surface area contributed by atoms with Crippen LogP contribution in [0.15, 0.2) is 30.5 Å². The molecule has 0 spiro atoms. The molecule has 2 N–H and O–H groups in total. The minimum absolute atomic E-state index is 0.0389. The topological polar surface area (TPSA) is 57.8 Å². The molecule has 4 nitrogen and oxygen atoms in total. The van der Waals surface area contributed by atoms with Gasteiger partial charge in [-0.3, -0.25) is 9.89 Å². The molecule has 0 fully saturated rings. The number of hydrogen-bond donors (Lipinski definition) is 2. The molecule has 88 valence electrons. The van der Waals surface area contributed by atoms with Gasteiger partial charge in [-0.1, -0.05) is 29.8 Å². The second-order valence-corrected chi connectivity index (χ2v) is 4.14. The standard InChI is InChI=1S/C13H15N3O/c1-9-4-3-5-11(6-9)7-12(17)15-13-10(2)8-14-16-13/h3-6,8H,7H2,1-2H3,(H2,14,15,16,17). The maximum absolute atomic E-state index is 11.8. The lowest BCUT2D eigenvalue weighted by Crippen LogP contribution is -2.15. The Bertz CT molecular complexity index is 531. The van der Waals surface area contributed by atoms with E-state index >= 15 is 0 Å². The Morgan fingerprint density at radius 1 is 1.41 bits per heavy atom. The molecule has 0 bridgehead atoms. The molecule has 1 heterocycles. The number of carbonyl (C=O) groups is 1. The molecule has 1 aromatic carbocycles. The SMILES string of the molecule is Cc1cccc(CC(=O)Nc2[nH]ncc2C)c1. The van der Waals surface area contributed by atoms with E-state index in [1.807, 2.05) is 38.1 Å². The van der Waals surface area contributed by atoms with Gasteiger partial charge in [-0.25, -0.2) is 0 Å². The van der Waals surface area contributed by atoms with Crippen LogP contribution in [0.4, 0.5) is 5.82 Å². The number of amides is 1. The number of nitrogens with one attached hydrogen (secondary N) is 2. The monoisotopic (exact) mass is 229 g/mol. The summed E-state index contributed by atoms with van der Waals surface area (Å²) in [7, 11) is 0. The van der Waals surface area contributed by atoms with Gasteiger partial charge in [0, 0.05) is 5.56 Å². The van der Waals surface area contributed by atoms with Crippen LogP contribution < -0.4 is 5.32 Å². The van der Waals surface area contributed by atoms with Crippen LogP contribution in [0.3, 0.4) is 0 Å². The quantitative estimate of drug-likeness (QED) is 0.847. The van der Waals surface area contributed by atoms with Crippen molar-refractivity contribution in [1.29, 1.82) is 0 Å². The summed E-state index contributed by atoms with van der Waals surface area (Å²) in [5.41, 5.74) is 3.11. The Labute approximate surface area is 100 Å². The summed E-state index contributed by atoms with van der Waals surface area (Å²) in [6.07, 6.45) is 2.06. The molecule has 0 aliphatic carbocycles. The highest BCUT2D eigenvalue weighted by atomic mass is 16.1. The first kappa shape index (κ1) is 11.4. The molecule has 0 atom stereocenters. The fourth-order valence-electron chi connectivity index (χ4n) is 1.66. The second-order valence-electron chi connectivity index (χ2n) is 4.14. The van der Waals surface area contributed by atoms with Gasteiger partial charge in [-0.15, -0.1) is 0 Å². The Morgan fingerprint density at radius 3 is 2.88 bits per heavy atom. The van der Waals surface area contributed by atoms with E-state index in [0.29, 0.717) is 12.2 Å². The highest BCUT2D eigenvalue weighted by Crippen LogP contribution is 2.10. The fourth-order valence-corrected chi connectivity index (χ4v) is 1.66. The van der Waals surface area contributed by atoms with Crippen molar-refractivity contribution >= 4 is 11.7 Å². The number of carbonyl (C=O) groups excluding carboxylic acids is 1. The summed E-state index contributed by atoms with van der Waals surface area (Å²) >= 11 is 0. The van der Waals surface area contributed by atoms with E-state index in [1.165, 1.54) is 0 Å². The minimum Gasteiger partial charge on any atom is -0.311 e. The largest absolute Gasteiger partial charge is 0.311 e. The van der Waals surface area contributed by atoms with Crippen LogP contribution in [-0.2, 0) is 11.2 Å². The zero-order valence-corrected chi connectivity index (χ0v) is 9.95. The van der Waals surface area contributed by atoms with Crippen molar-refractivity contribution in [3.05, 3.63) is 47.2 Å². The summed E-state index contributed by atoms with van der Waals surface area (Å²) < 4.78 is 0. The first-order chi connectivity index (χ1) is 8.15. The van der Waals surface area contributed by atoms with Crippen LogP contribution >= 0.6 is 0 Å². The zero-order chi connectivity index (χ0) is 12.3. The molecule has 4 heteroatoms. The smallest absolute Gasteiger partial charge is 0.229 e. The van der Waals surface area contributed by atoms with Crippen molar-refractivity contribution in [2.24, 2.45) is 0 Å². The van der Waals surface area contributed by atoms with Crippen LogP contribution in [0.5, 0.6) is 0 Å². The molecular formula is C13H15N3O. The van der Waals surface area contributed by atoms with E-state index in [9.17, 15) is 4.79 Å². The summed E-state index contributed by atoms with van der Waals surface area (Å²) in [6.45, 7) is 3.91. The molecule has 17 heavy (non-hydrogen) atoms. The predicted molar refractivity (Wildman–Crippen MR) is 66.8 cm³/mol. The van der Waals surface area contributed by atoms with E-state index in [0.717, 1.165) is 16.7 Å². The average molecular weight is 229 g/mol. The van der Waals surface area contributed by atoms with Crippen molar-refractivity contribution in [2.45, 2.75) is 20.3 Å². The molecule has 0 unspecified atom stereocenters. The van der Waals surface area contributed by atoms with Crippen LogP contribution in [0.2, 0.25) is 0 Å². The summed E-state index contributed by atoms with van der Waals surface area (Å²) in [5, 5.41) is 9.41. The maximum atomic E-state index is 11.8. The van der Waals surface area contributed by atoms with E-state index < -0.39 is 0 Å². The van der Waals surface area contributed by atoms with E-state index in [-0.39, 0.29) is 5.91 Å². The van der Waals surface area contributed by atoms with Crippen LogP contribution in [0, 0.1) is 13.8 Å². The van der Waals surface area contributed by atoms with Gasteiger partial charge in [0.1, 0.15) is 5.82 Å². The lowest BCUT2D eigenvalue weighted by molar-refractivity contribution is -0.115. The minimum atomic E-state index is -0.0389. The van der Waals surface area contributed by atoms with Gasteiger partial charge in [-0.2, -0.15) is 5.10 Å². The van der Waals surface area contributed by atoms with E-state index in [2.05, 4.69) is 15.5 Å².